The molecule has 2 heterocycles. The number of aromatic amines is 1. The van der Waals surface area contributed by atoms with Crippen LogP contribution < -0.4 is 0 Å². The largest absolute Gasteiger partial charge is 0.378 e. The van der Waals surface area contributed by atoms with Gasteiger partial charge in [-0.15, -0.1) is 0 Å². The van der Waals surface area contributed by atoms with Crippen LogP contribution in [-0.4, -0.2) is 89.0 Å². The molecule has 0 spiro atoms. The monoisotopic (exact) mass is 494 g/mol. The van der Waals surface area contributed by atoms with Crippen molar-refractivity contribution < 1.29 is 23.7 Å². The number of benzene rings is 2. The average molecular weight is 495 g/mol. The minimum absolute atomic E-state index is 0.574. The minimum Gasteiger partial charge on any atom is -0.378 e. The van der Waals surface area contributed by atoms with Crippen molar-refractivity contribution in [3.8, 4) is 22.4 Å². The molecule has 0 radical (unpaired) electrons. The molecule has 1 fully saturated rings. The van der Waals surface area contributed by atoms with Crippen molar-refractivity contribution in [3.05, 3.63) is 72.4 Å². The van der Waals surface area contributed by atoms with Gasteiger partial charge in [-0.1, -0.05) is 54.6 Å². The van der Waals surface area contributed by atoms with Crippen LogP contribution in [0.2, 0.25) is 0 Å². The van der Waals surface area contributed by atoms with Gasteiger partial charge in [0.25, 0.3) is 0 Å². The molecule has 1 saturated heterocycles. The summed E-state index contributed by atoms with van der Waals surface area (Å²) in [6, 6.07) is 21.4. The summed E-state index contributed by atoms with van der Waals surface area (Å²) < 4.78 is 28.1. The Bertz CT molecular complexity index is 959. The topological polar surface area (TPSA) is 65.2 Å². The van der Waals surface area contributed by atoms with Gasteiger partial charge in [0.15, 0.2) is 0 Å². The molecule has 0 saturated carbocycles. The standard InChI is InChI=1S/C29H38N2O5/c1-2-4-27(5-3-1)29-22-28(23-30-29)26-8-6-25(7-9-26)24-31-10-12-32-14-16-34-18-20-36-21-19-35-17-15-33-13-11-31/h1-9,22-23,30H,10-21,24H2. The third kappa shape index (κ3) is 9.17. The zero-order valence-corrected chi connectivity index (χ0v) is 21.0. The molecule has 0 unspecified atom stereocenters. The highest BCUT2D eigenvalue weighted by Gasteiger charge is 2.09. The van der Waals surface area contributed by atoms with E-state index in [1.807, 2.05) is 6.07 Å². The first-order valence-corrected chi connectivity index (χ1v) is 12.8. The lowest BCUT2D eigenvalue weighted by Gasteiger charge is -2.22. The lowest BCUT2D eigenvalue weighted by atomic mass is 10.1. The number of hydrogen-bond acceptors (Lipinski definition) is 6. The second kappa shape index (κ2) is 15.6. The van der Waals surface area contributed by atoms with Crippen LogP contribution in [0.15, 0.2) is 66.9 Å². The SMILES string of the molecule is c1ccc(-c2cc(-c3ccc(CN4CCOCCOCCOCCOCCOCC4)cc3)c[nH]2)cc1. The van der Waals surface area contributed by atoms with Gasteiger partial charge in [0, 0.05) is 31.5 Å². The summed E-state index contributed by atoms with van der Waals surface area (Å²) in [5.41, 5.74) is 5.98. The van der Waals surface area contributed by atoms with Crippen molar-refractivity contribution in [3.63, 3.8) is 0 Å². The molecule has 194 valence electrons. The van der Waals surface area contributed by atoms with Crippen LogP contribution in [0.5, 0.6) is 0 Å². The van der Waals surface area contributed by atoms with Crippen LogP contribution in [0, 0.1) is 0 Å². The fourth-order valence-electron chi connectivity index (χ4n) is 4.05. The molecular weight excluding hydrogens is 456 g/mol. The van der Waals surface area contributed by atoms with Gasteiger partial charge >= 0.3 is 0 Å². The van der Waals surface area contributed by atoms with E-state index in [9.17, 15) is 0 Å². The van der Waals surface area contributed by atoms with Crippen LogP contribution in [0.3, 0.4) is 0 Å². The van der Waals surface area contributed by atoms with Crippen LogP contribution >= 0.6 is 0 Å². The van der Waals surface area contributed by atoms with Gasteiger partial charge in [0.1, 0.15) is 0 Å². The highest BCUT2D eigenvalue weighted by Crippen LogP contribution is 2.26. The Hall–Kier alpha value is -2.52. The normalized spacial score (nSPS) is 18.3. The molecule has 1 aliphatic rings. The number of rotatable bonds is 4. The number of hydrogen-bond donors (Lipinski definition) is 1. The van der Waals surface area contributed by atoms with Crippen molar-refractivity contribution in [2.75, 3.05) is 79.2 Å². The zero-order valence-electron chi connectivity index (χ0n) is 21.0. The van der Waals surface area contributed by atoms with E-state index in [2.05, 4.69) is 70.7 Å². The van der Waals surface area contributed by atoms with Crippen LogP contribution in [0.4, 0.5) is 0 Å². The molecule has 2 aromatic carbocycles. The zero-order chi connectivity index (χ0) is 24.7. The maximum atomic E-state index is 5.79. The molecule has 1 N–H and O–H groups in total. The summed E-state index contributed by atoms with van der Waals surface area (Å²) in [6.07, 6.45) is 2.07. The smallest absolute Gasteiger partial charge is 0.0701 e. The number of nitrogens with zero attached hydrogens (tertiary/aromatic N) is 1. The molecular formula is C29H38N2O5. The Morgan fingerprint density at radius 2 is 1.08 bits per heavy atom. The third-order valence-electron chi connectivity index (χ3n) is 6.05. The van der Waals surface area contributed by atoms with E-state index in [0.29, 0.717) is 66.1 Å². The summed E-state index contributed by atoms with van der Waals surface area (Å²) in [5, 5.41) is 0. The van der Waals surface area contributed by atoms with Crippen molar-refractivity contribution in [1.29, 1.82) is 0 Å². The molecule has 4 rings (SSSR count). The Morgan fingerprint density at radius 1 is 0.556 bits per heavy atom. The summed E-state index contributed by atoms with van der Waals surface area (Å²) in [6.45, 7) is 8.47. The van der Waals surface area contributed by atoms with Crippen LogP contribution in [0.25, 0.3) is 22.4 Å². The first kappa shape index (κ1) is 26.5. The van der Waals surface area contributed by atoms with Gasteiger partial charge in [-0.2, -0.15) is 0 Å². The Labute approximate surface area is 214 Å². The van der Waals surface area contributed by atoms with Gasteiger partial charge < -0.3 is 28.7 Å². The molecule has 0 bridgehead atoms. The highest BCUT2D eigenvalue weighted by molar-refractivity contribution is 5.71. The molecule has 1 aromatic heterocycles. The van der Waals surface area contributed by atoms with Crippen molar-refractivity contribution >= 4 is 0 Å². The summed E-state index contributed by atoms with van der Waals surface area (Å²) in [7, 11) is 0. The molecule has 0 amide bonds. The number of ether oxygens (including phenoxy) is 5. The van der Waals surface area contributed by atoms with E-state index in [4.69, 9.17) is 23.7 Å². The van der Waals surface area contributed by atoms with Gasteiger partial charge in [0.05, 0.1) is 66.1 Å². The number of nitrogens with one attached hydrogen (secondary N) is 1. The van der Waals surface area contributed by atoms with Gasteiger partial charge in [0.2, 0.25) is 0 Å². The fraction of sp³-hybridized carbons (Fsp3) is 0.448. The third-order valence-corrected chi connectivity index (χ3v) is 6.05. The maximum absolute atomic E-state index is 5.79. The van der Waals surface area contributed by atoms with E-state index >= 15 is 0 Å². The Balaban J connectivity index is 1.30. The second-order valence-corrected chi connectivity index (χ2v) is 8.70. The summed E-state index contributed by atoms with van der Waals surface area (Å²) >= 11 is 0. The van der Waals surface area contributed by atoms with Gasteiger partial charge in [-0.25, -0.2) is 0 Å². The second-order valence-electron chi connectivity index (χ2n) is 8.70. The Kier molecular flexibility index (Phi) is 11.5. The van der Waals surface area contributed by atoms with E-state index in [0.717, 1.165) is 25.3 Å². The quantitative estimate of drug-likeness (QED) is 0.585. The Morgan fingerprint density at radius 3 is 1.64 bits per heavy atom. The van der Waals surface area contributed by atoms with E-state index < -0.39 is 0 Å². The first-order chi connectivity index (χ1) is 17.9. The van der Waals surface area contributed by atoms with Crippen LogP contribution in [-0.2, 0) is 30.2 Å². The number of H-pyrrole nitrogens is 1. The predicted molar refractivity (Wildman–Crippen MR) is 141 cm³/mol. The molecule has 36 heavy (non-hydrogen) atoms. The van der Waals surface area contributed by atoms with Gasteiger partial charge in [-0.3, -0.25) is 4.90 Å². The lowest BCUT2D eigenvalue weighted by Crippen LogP contribution is -2.31. The predicted octanol–water partition coefficient (Wildman–Crippen LogP) is 4.25. The highest BCUT2D eigenvalue weighted by atomic mass is 16.6. The lowest BCUT2D eigenvalue weighted by molar-refractivity contribution is -0.0189. The molecule has 3 aromatic rings. The maximum Gasteiger partial charge on any atom is 0.0701 e. The van der Waals surface area contributed by atoms with Crippen molar-refractivity contribution in [2.45, 2.75) is 6.54 Å². The minimum atomic E-state index is 0.574. The van der Waals surface area contributed by atoms with E-state index in [1.165, 1.54) is 22.3 Å². The number of aromatic nitrogens is 1. The summed E-state index contributed by atoms with van der Waals surface area (Å²) in [5.74, 6) is 0. The van der Waals surface area contributed by atoms with Crippen LogP contribution in [0.1, 0.15) is 5.56 Å². The van der Waals surface area contributed by atoms with Crippen molar-refractivity contribution in [2.24, 2.45) is 0 Å². The first-order valence-electron chi connectivity index (χ1n) is 12.8. The molecule has 0 atom stereocenters. The molecule has 7 nitrogen and oxygen atoms in total. The van der Waals surface area contributed by atoms with Crippen molar-refractivity contribution in [1.82, 2.24) is 9.88 Å². The summed E-state index contributed by atoms with van der Waals surface area (Å²) in [4.78, 5) is 5.77. The fourth-order valence-corrected chi connectivity index (χ4v) is 4.05. The molecule has 7 heteroatoms. The average Bonchev–Trinajstić information content (AvgIpc) is 3.41. The molecule has 0 aliphatic carbocycles. The molecule has 1 aliphatic heterocycles. The van der Waals surface area contributed by atoms with E-state index in [-0.39, 0.29) is 0 Å². The van der Waals surface area contributed by atoms with Gasteiger partial charge in [-0.05, 0) is 28.3 Å². The van der Waals surface area contributed by atoms with E-state index in [1.54, 1.807) is 0 Å².